The van der Waals surface area contributed by atoms with Gasteiger partial charge in [-0.15, -0.1) is 0 Å². The zero-order valence-corrected chi connectivity index (χ0v) is 11.9. The Hall–Kier alpha value is -2.24. The van der Waals surface area contributed by atoms with E-state index in [9.17, 15) is 4.39 Å². The molecule has 0 saturated heterocycles. The summed E-state index contributed by atoms with van der Waals surface area (Å²) < 4.78 is 19.4. The Kier molecular flexibility index (Phi) is 4.12. The number of hydrogen-bond acceptors (Lipinski definition) is 5. The highest BCUT2D eigenvalue weighted by Crippen LogP contribution is 2.23. The maximum Gasteiger partial charge on any atom is 0.322 e. The molecule has 5 nitrogen and oxygen atoms in total. The topological polar surface area (TPSA) is 59.9 Å². The zero-order chi connectivity index (χ0) is 14.7. The predicted octanol–water partition coefficient (Wildman–Crippen LogP) is 2.82. The van der Waals surface area contributed by atoms with Crippen LogP contribution in [0.1, 0.15) is 19.4 Å². The van der Waals surface area contributed by atoms with Crippen LogP contribution in [0.5, 0.6) is 6.01 Å². The number of anilines is 1. The summed E-state index contributed by atoms with van der Waals surface area (Å²) in [6.45, 7) is 5.63. The largest absolute Gasteiger partial charge is 0.461 e. The van der Waals surface area contributed by atoms with Crippen LogP contribution >= 0.6 is 0 Å². The number of nitrogens with one attached hydrogen (secondary N) is 1. The Bertz CT molecular complexity index is 616. The molecule has 106 valence electrons. The van der Waals surface area contributed by atoms with Crippen molar-refractivity contribution in [1.82, 2.24) is 15.0 Å². The van der Waals surface area contributed by atoms with Gasteiger partial charge in [-0.3, -0.25) is 0 Å². The van der Waals surface area contributed by atoms with Crippen LogP contribution in [-0.2, 0) is 0 Å². The minimum atomic E-state index is -0.376. The number of aryl methyl sites for hydroxylation is 1. The van der Waals surface area contributed by atoms with Crippen molar-refractivity contribution in [2.45, 2.75) is 26.9 Å². The number of nitrogens with zero attached hydrogens (tertiary/aromatic N) is 3. The quantitative estimate of drug-likeness (QED) is 0.930. The van der Waals surface area contributed by atoms with Gasteiger partial charge >= 0.3 is 6.01 Å². The van der Waals surface area contributed by atoms with Gasteiger partial charge < -0.3 is 10.1 Å². The van der Waals surface area contributed by atoms with Gasteiger partial charge in [0.15, 0.2) is 5.82 Å². The van der Waals surface area contributed by atoms with Gasteiger partial charge in [-0.25, -0.2) is 4.39 Å². The monoisotopic (exact) mass is 276 g/mol. The van der Waals surface area contributed by atoms with Crippen molar-refractivity contribution in [2.24, 2.45) is 0 Å². The van der Waals surface area contributed by atoms with Gasteiger partial charge in [-0.2, -0.15) is 15.0 Å². The van der Waals surface area contributed by atoms with Crippen LogP contribution < -0.4 is 10.1 Å². The minimum Gasteiger partial charge on any atom is -0.461 e. The van der Waals surface area contributed by atoms with Crippen molar-refractivity contribution in [3.8, 4) is 17.4 Å². The van der Waals surface area contributed by atoms with Gasteiger partial charge in [0.25, 0.3) is 0 Å². The smallest absolute Gasteiger partial charge is 0.322 e. The summed E-state index contributed by atoms with van der Waals surface area (Å²) in [6.07, 6.45) is -0.0719. The first-order chi connectivity index (χ1) is 9.49. The first-order valence-electron chi connectivity index (χ1n) is 6.36. The van der Waals surface area contributed by atoms with Crippen LogP contribution in [0.2, 0.25) is 0 Å². The average Bonchev–Trinajstić information content (AvgIpc) is 2.40. The van der Waals surface area contributed by atoms with Gasteiger partial charge in [-0.05, 0) is 32.9 Å². The molecule has 0 aliphatic rings. The lowest BCUT2D eigenvalue weighted by molar-refractivity contribution is 0.222. The fourth-order valence-corrected chi connectivity index (χ4v) is 1.66. The van der Waals surface area contributed by atoms with Crippen molar-refractivity contribution in [3.63, 3.8) is 0 Å². The highest BCUT2D eigenvalue weighted by molar-refractivity contribution is 5.58. The van der Waals surface area contributed by atoms with E-state index in [-0.39, 0.29) is 23.8 Å². The molecule has 0 bridgehead atoms. The first-order valence-corrected chi connectivity index (χ1v) is 6.36. The highest BCUT2D eigenvalue weighted by Gasteiger charge is 2.13. The molecule has 1 aromatic heterocycles. The zero-order valence-electron chi connectivity index (χ0n) is 11.9. The van der Waals surface area contributed by atoms with E-state index in [4.69, 9.17) is 4.74 Å². The Labute approximate surface area is 117 Å². The summed E-state index contributed by atoms with van der Waals surface area (Å²) in [5, 5.41) is 2.82. The van der Waals surface area contributed by atoms with Crippen LogP contribution in [0.4, 0.5) is 10.3 Å². The van der Waals surface area contributed by atoms with Gasteiger partial charge in [0.2, 0.25) is 5.95 Å². The second-order valence-corrected chi connectivity index (χ2v) is 4.67. The normalized spacial score (nSPS) is 10.7. The van der Waals surface area contributed by atoms with Gasteiger partial charge in [0.1, 0.15) is 5.82 Å². The van der Waals surface area contributed by atoms with Gasteiger partial charge in [-0.1, -0.05) is 11.6 Å². The molecular weight excluding hydrogens is 259 g/mol. The summed E-state index contributed by atoms with van der Waals surface area (Å²) in [4.78, 5) is 12.4. The van der Waals surface area contributed by atoms with Crippen LogP contribution in [0.3, 0.4) is 0 Å². The van der Waals surface area contributed by atoms with Crippen LogP contribution in [-0.4, -0.2) is 28.1 Å². The molecule has 2 aromatic rings. The Morgan fingerprint density at radius 1 is 1.20 bits per heavy atom. The highest BCUT2D eigenvalue weighted by atomic mass is 19.1. The third-order valence-electron chi connectivity index (χ3n) is 2.54. The Morgan fingerprint density at radius 3 is 2.60 bits per heavy atom. The number of aromatic nitrogens is 3. The van der Waals surface area contributed by atoms with Crippen LogP contribution in [0.25, 0.3) is 11.4 Å². The van der Waals surface area contributed by atoms with Gasteiger partial charge in [0, 0.05) is 7.05 Å². The lowest BCUT2D eigenvalue weighted by atomic mass is 10.1. The number of rotatable bonds is 4. The molecule has 2 rings (SSSR count). The summed E-state index contributed by atoms with van der Waals surface area (Å²) in [6, 6.07) is 4.97. The Morgan fingerprint density at radius 2 is 1.95 bits per heavy atom. The second-order valence-electron chi connectivity index (χ2n) is 4.67. The van der Waals surface area contributed by atoms with E-state index in [2.05, 4.69) is 20.3 Å². The number of ether oxygens (including phenoxy) is 1. The summed E-state index contributed by atoms with van der Waals surface area (Å²) in [7, 11) is 1.69. The summed E-state index contributed by atoms with van der Waals surface area (Å²) >= 11 is 0. The summed E-state index contributed by atoms with van der Waals surface area (Å²) in [5.74, 6) is 0.215. The molecule has 0 radical (unpaired) electrons. The SMILES string of the molecule is CNc1nc(OC(C)C)nc(-c2cc(C)ccc2F)n1. The van der Waals surface area contributed by atoms with Crippen molar-refractivity contribution < 1.29 is 9.13 Å². The molecule has 0 unspecified atom stereocenters. The predicted molar refractivity (Wildman–Crippen MR) is 75.3 cm³/mol. The molecule has 1 aromatic carbocycles. The fraction of sp³-hybridized carbons (Fsp3) is 0.357. The molecule has 0 fully saturated rings. The van der Waals surface area contributed by atoms with Gasteiger partial charge in [0.05, 0.1) is 11.7 Å². The molecule has 1 heterocycles. The molecule has 0 aliphatic heterocycles. The molecule has 0 saturated carbocycles. The standard InChI is InChI=1S/C14H17FN4O/c1-8(2)20-14-18-12(17-13(16-4)19-14)10-7-9(3)5-6-11(10)15/h5-8H,1-4H3,(H,16,17,18,19). The second kappa shape index (κ2) is 5.81. The molecule has 0 atom stereocenters. The first kappa shape index (κ1) is 14.2. The van der Waals surface area contributed by atoms with Crippen molar-refractivity contribution in [2.75, 3.05) is 12.4 Å². The summed E-state index contributed by atoms with van der Waals surface area (Å²) in [5.41, 5.74) is 1.26. The molecule has 0 amide bonds. The lowest BCUT2D eigenvalue weighted by Gasteiger charge is -2.11. The molecule has 20 heavy (non-hydrogen) atoms. The number of halogens is 1. The minimum absolute atomic E-state index is 0.0719. The van der Waals surface area contributed by atoms with E-state index >= 15 is 0 Å². The maximum atomic E-state index is 13.9. The lowest BCUT2D eigenvalue weighted by Crippen LogP contribution is -2.11. The van der Waals surface area contributed by atoms with Crippen molar-refractivity contribution in [1.29, 1.82) is 0 Å². The molecule has 0 spiro atoms. The molecule has 1 N–H and O–H groups in total. The molecule has 6 heteroatoms. The van der Waals surface area contributed by atoms with E-state index in [1.807, 2.05) is 20.8 Å². The number of hydrogen-bond donors (Lipinski definition) is 1. The maximum absolute atomic E-state index is 13.9. The fourth-order valence-electron chi connectivity index (χ4n) is 1.66. The van der Waals surface area contributed by atoms with E-state index in [1.165, 1.54) is 6.07 Å². The average molecular weight is 276 g/mol. The van der Waals surface area contributed by atoms with E-state index in [1.54, 1.807) is 19.2 Å². The van der Waals surface area contributed by atoms with Crippen molar-refractivity contribution >= 4 is 5.95 Å². The number of benzene rings is 1. The van der Waals surface area contributed by atoms with E-state index < -0.39 is 0 Å². The van der Waals surface area contributed by atoms with Crippen molar-refractivity contribution in [3.05, 3.63) is 29.6 Å². The third-order valence-corrected chi connectivity index (χ3v) is 2.54. The molecule has 0 aliphatic carbocycles. The van der Waals surface area contributed by atoms with E-state index in [0.29, 0.717) is 11.5 Å². The van der Waals surface area contributed by atoms with Crippen LogP contribution in [0, 0.1) is 12.7 Å². The van der Waals surface area contributed by atoms with E-state index in [0.717, 1.165) is 5.56 Å². The third kappa shape index (κ3) is 3.20. The van der Waals surface area contributed by atoms with Crippen LogP contribution in [0.15, 0.2) is 18.2 Å². The Balaban J connectivity index is 2.52. The molecular formula is C14H17FN4O.